The van der Waals surface area contributed by atoms with Gasteiger partial charge in [0.05, 0.1) is 0 Å². The third-order valence-electron chi connectivity index (χ3n) is 1.82. The Labute approximate surface area is 119 Å². The Balaban J connectivity index is 0.000000980. The zero-order valence-corrected chi connectivity index (χ0v) is 9.36. The summed E-state index contributed by atoms with van der Waals surface area (Å²) >= 11 is 10.3. The molecule has 1 aromatic carbocycles. The molecule has 1 aliphatic rings. The third-order valence-corrected chi connectivity index (χ3v) is 4.53. The van der Waals surface area contributed by atoms with Gasteiger partial charge in [-0.05, 0) is 29.0 Å². The monoisotopic (exact) mass is 252 g/mol. The molecule has 0 radical (unpaired) electrons. The summed E-state index contributed by atoms with van der Waals surface area (Å²) in [5, 5.41) is 5.17. The molecule has 14 heavy (non-hydrogen) atoms. The summed E-state index contributed by atoms with van der Waals surface area (Å²) in [7, 11) is -0.299. The van der Waals surface area contributed by atoms with Crippen LogP contribution in [0.3, 0.4) is 0 Å². The molecule has 0 aliphatic carbocycles. The summed E-state index contributed by atoms with van der Waals surface area (Å²) in [6, 6.07) is 5.81. The van der Waals surface area contributed by atoms with E-state index in [4.69, 9.17) is 11.6 Å². The fraction of sp³-hybridized carbons (Fsp3) is 0. The molecule has 1 aliphatic heterocycles. The normalized spacial score (nSPS) is 15.7. The Kier molecular flexibility index (Phi) is 5.18. The van der Waals surface area contributed by atoms with Gasteiger partial charge in [-0.25, -0.2) is 0 Å². The minimum absolute atomic E-state index is 0. The van der Waals surface area contributed by atoms with E-state index in [2.05, 4.69) is 35.6 Å². The van der Waals surface area contributed by atoms with Gasteiger partial charge in [0.25, 0.3) is 0 Å². The van der Waals surface area contributed by atoms with Crippen molar-refractivity contribution >= 4 is 64.7 Å². The second kappa shape index (κ2) is 5.69. The van der Waals surface area contributed by atoms with Gasteiger partial charge in [0.15, 0.2) is 0 Å². The Morgan fingerprint density at radius 2 is 1.79 bits per heavy atom. The first-order valence-electron chi connectivity index (χ1n) is 3.89. The van der Waals surface area contributed by atoms with Crippen molar-refractivity contribution in [1.82, 2.24) is 0 Å². The summed E-state index contributed by atoms with van der Waals surface area (Å²) in [6.07, 6.45) is 4.14. The van der Waals surface area contributed by atoms with Crippen LogP contribution < -0.4 is 0 Å². The first-order chi connectivity index (χ1) is 6.27. The van der Waals surface area contributed by atoms with Crippen molar-refractivity contribution in [2.45, 2.75) is 9.79 Å². The van der Waals surface area contributed by atoms with Crippen molar-refractivity contribution in [3.63, 3.8) is 0 Å². The van der Waals surface area contributed by atoms with E-state index in [0.717, 1.165) is 9.92 Å². The molecule has 0 fully saturated rings. The van der Waals surface area contributed by atoms with Crippen LogP contribution in [-0.4, -0.2) is 29.6 Å². The van der Waals surface area contributed by atoms with E-state index in [1.165, 1.54) is 4.90 Å². The Hall–Kier alpha value is 0.690. The molecular formula is C10H10ClNaS2. The molecular weight excluding hydrogens is 243 g/mol. The molecule has 2 rings (SSSR count). The summed E-state index contributed by atoms with van der Waals surface area (Å²) in [5.41, 5.74) is 0. The van der Waals surface area contributed by atoms with Gasteiger partial charge in [-0.15, -0.1) is 12.6 Å². The summed E-state index contributed by atoms with van der Waals surface area (Å²) in [6.45, 7) is 0. The van der Waals surface area contributed by atoms with Gasteiger partial charge >= 0.3 is 29.6 Å². The molecule has 0 saturated heterocycles. The molecule has 0 nitrogen and oxygen atoms in total. The summed E-state index contributed by atoms with van der Waals surface area (Å²) in [4.78, 5) is 2.25. The molecule has 0 aromatic heterocycles. The van der Waals surface area contributed by atoms with Gasteiger partial charge in [0.1, 0.15) is 0 Å². The van der Waals surface area contributed by atoms with Crippen molar-refractivity contribution in [3.05, 3.63) is 46.2 Å². The number of hydrogen-bond donors (Lipinski definition) is 2. The fourth-order valence-electron chi connectivity index (χ4n) is 1.20. The van der Waals surface area contributed by atoms with Gasteiger partial charge < -0.3 is 0 Å². The molecule has 0 amide bonds. The predicted molar refractivity (Wildman–Crippen MR) is 71.4 cm³/mol. The van der Waals surface area contributed by atoms with Crippen LogP contribution in [0.2, 0.25) is 5.02 Å². The van der Waals surface area contributed by atoms with Crippen LogP contribution in [0.1, 0.15) is 0 Å². The number of halogens is 1. The summed E-state index contributed by atoms with van der Waals surface area (Å²) in [5.74, 6) is 0. The maximum atomic E-state index is 5.92. The Morgan fingerprint density at radius 1 is 1.14 bits per heavy atom. The zero-order chi connectivity index (χ0) is 9.26. The quantitative estimate of drug-likeness (QED) is 0.556. The van der Waals surface area contributed by atoms with E-state index >= 15 is 0 Å². The van der Waals surface area contributed by atoms with Gasteiger partial charge in [0, 0.05) is 14.8 Å². The molecule has 1 heterocycles. The van der Waals surface area contributed by atoms with Gasteiger partial charge in [-0.1, -0.05) is 23.8 Å². The molecule has 0 bridgehead atoms. The van der Waals surface area contributed by atoms with Crippen LogP contribution in [0, 0.1) is 0 Å². The second-order valence-electron chi connectivity index (χ2n) is 2.72. The summed E-state index contributed by atoms with van der Waals surface area (Å²) < 4.78 is 0. The molecule has 0 saturated carbocycles. The predicted octanol–water partition coefficient (Wildman–Crippen LogP) is 3.38. The first-order valence-corrected chi connectivity index (χ1v) is 6.20. The van der Waals surface area contributed by atoms with Gasteiger partial charge in [0.2, 0.25) is 0 Å². The zero-order valence-electron chi connectivity index (χ0n) is 6.81. The molecule has 0 atom stereocenters. The van der Waals surface area contributed by atoms with E-state index in [1.807, 2.05) is 18.2 Å². The average molecular weight is 253 g/mol. The maximum absolute atomic E-state index is 5.92. The van der Waals surface area contributed by atoms with Crippen LogP contribution in [0.4, 0.5) is 0 Å². The molecule has 0 unspecified atom stereocenters. The van der Waals surface area contributed by atoms with Crippen LogP contribution in [0.25, 0.3) is 0 Å². The topological polar surface area (TPSA) is 0 Å². The Bertz CT molecular complexity index is 376. The van der Waals surface area contributed by atoms with Crippen molar-refractivity contribution < 1.29 is 0 Å². The van der Waals surface area contributed by atoms with Crippen molar-refractivity contribution in [3.8, 4) is 0 Å². The van der Waals surface area contributed by atoms with E-state index in [0.29, 0.717) is 0 Å². The van der Waals surface area contributed by atoms with Crippen LogP contribution >= 0.6 is 35.1 Å². The van der Waals surface area contributed by atoms with E-state index < -0.39 is 0 Å². The average Bonchev–Trinajstić information content (AvgIpc) is 2.61. The van der Waals surface area contributed by atoms with Crippen LogP contribution in [0.5, 0.6) is 0 Å². The van der Waals surface area contributed by atoms with Crippen molar-refractivity contribution in [2.24, 2.45) is 0 Å². The van der Waals surface area contributed by atoms with E-state index in [9.17, 15) is 0 Å². The number of rotatable bonds is 1. The van der Waals surface area contributed by atoms with Crippen LogP contribution in [0.15, 0.2) is 51.0 Å². The minimum atomic E-state index is -0.299. The standard InChI is InChI=1S/C10H9ClS2.Na.H/c11-8-3-4-9(12)10(7-8)13-5-1-2-6-13;;/h1-7,12-13H;;. The third kappa shape index (κ3) is 2.84. The first kappa shape index (κ1) is 12.8. The number of benzene rings is 1. The van der Waals surface area contributed by atoms with E-state index in [-0.39, 0.29) is 40.5 Å². The van der Waals surface area contributed by atoms with Crippen molar-refractivity contribution in [2.75, 3.05) is 0 Å². The molecule has 0 spiro atoms. The molecule has 70 valence electrons. The van der Waals surface area contributed by atoms with Crippen molar-refractivity contribution in [1.29, 1.82) is 0 Å². The molecule has 1 aromatic rings. The van der Waals surface area contributed by atoms with E-state index in [1.54, 1.807) is 0 Å². The SMILES string of the molecule is Sc1ccc(Cl)cc1[SH]1C=CC=C1.[NaH]. The number of allylic oxidation sites excluding steroid dienone is 2. The van der Waals surface area contributed by atoms with Gasteiger partial charge in [-0.2, -0.15) is 10.9 Å². The second-order valence-corrected chi connectivity index (χ2v) is 5.53. The fourth-order valence-corrected chi connectivity index (χ4v) is 3.55. The molecule has 0 N–H and O–H groups in total. The number of hydrogen-bond acceptors (Lipinski definition) is 1. The van der Waals surface area contributed by atoms with Gasteiger partial charge in [-0.3, -0.25) is 0 Å². The number of thiol groups is 2. The molecule has 4 heteroatoms. The van der Waals surface area contributed by atoms with Crippen LogP contribution in [-0.2, 0) is 0 Å². The Morgan fingerprint density at radius 3 is 2.43 bits per heavy atom.